The van der Waals surface area contributed by atoms with E-state index in [2.05, 4.69) is 24.0 Å². The molecule has 198 valence electrons. The largest absolute Gasteiger partial charge is 0.497 e. The van der Waals surface area contributed by atoms with Crippen molar-refractivity contribution < 1.29 is 17.9 Å². The van der Waals surface area contributed by atoms with Gasteiger partial charge in [0, 0.05) is 25.2 Å². The average molecular weight is 551 g/mol. The van der Waals surface area contributed by atoms with Crippen LogP contribution in [0.25, 0.3) is 10.2 Å². The summed E-state index contributed by atoms with van der Waals surface area (Å²) < 4.78 is 34.0. The highest BCUT2D eigenvalue weighted by Crippen LogP contribution is 2.33. The number of hydrogen-bond acceptors (Lipinski definition) is 7. The minimum Gasteiger partial charge on any atom is -0.497 e. The summed E-state index contributed by atoms with van der Waals surface area (Å²) in [5.41, 5.74) is 2.86. The Balaban J connectivity index is 1.36. The van der Waals surface area contributed by atoms with E-state index in [4.69, 9.17) is 9.72 Å². The number of piperidine rings is 1. The van der Waals surface area contributed by atoms with Crippen LogP contribution in [0.2, 0.25) is 0 Å². The molecule has 0 bridgehead atoms. The first-order chi connectivity index (χ1) is 18.4. The predicted molar refractivity (Wildman–Crippen MR) is 149 cm³/mol. The molecule has 0 N–H and O–H groups in total. The Labute approximate surface area is 227 Å². The highest BCUT2D eigenvalue weighted by atomic mass is 32.2. The summed E-state index contributed by atoms with van der Waals surface area (Å²) in [7, 11) is -2.11. The van der Waals surface area contributed by atoms with Gasteiger partial charge in [0.15, 0.2) is 5.13 Å². The van der Waals surface area contributed by atoms with Crippen LogP contribution in [-0.4, -0.2) is 48.8 Å². The van der Waals surface area contributed by atoms with E-state index in [0.29, 0.717) is 30.3 Å². The molecule has 3 heterocycles. The molecular formula is C28H30N4O4S2. The van der Waals surface area contributed by atoms with Crippen LogP contribution in [0, 0.1) is 5.92 Å². The zero-order chi connectivity index (χ0) is 26.7. The molecule has 8 nitrogen and oxygen atoms in total. The molecule has 1 saturated heterocycles. The van der Waals surface area contributed by atoms with Gasteiger partial charge < -0.3 is 4.74 Å². The van der Waals surface area contributed by atoms with Crippen molar-refractivity contribution >= 4 is 42.6 Å². The summed E-state index contributed by atoms with van der Waals surface area (Å²) in [5, 5.41) is 0.636. The van der Waals surface area contributed by atoms with Gasteiger partial charge in [-0.15, -0.1) is 0 Å². The standard InChI is InChI=1S/C28H30N4O4S2/c1-3-20-7-12-25-26(18-20)37-28(30-25)32(19-22-6-4-5-15-29-22)27(33)21-13-16-31(17-14-21)38(34,35)24-10-8-23(36-2)9-11-24/h4-12,15,18,21H,3,13-14,16-17,19H2,1-2H3. The third kappa shape index (κ3) is 5.43. The van der Waals surface area contributed by atoms with E-state index in [9.17, 15) is 13.2 Å². The lowest BCUT2D eigenvalue weighted by atomic mass is 9.96. The van der Waals surface area contributed by atoms with E-state index >= 15 is 0 Å². The molecule has 4 aromatic rings. The van der Waals surface area contributed by atoms with Crippen LogP contribution in [0.5, 0.6) is 5.75 Å². The van der Waals surface area contributed by atoms with Gasteiger partial charge in [-0.25, -0.2) is 13.4 Å². The van der Waals surface area contributed by atoms with Gasteiger partial charge in [0.1, 0.15) is 5.75 Å². The summed E-state index contributed by atoms with van der Waals surface area (Å²) in [4.78, 5) is 25.0. The number of fused-ring (bicyclic) bond motifs is 1. The van der Waals surface area contributed by atoms with Crippen molar-refractivity contribution in [1.82, 2.24) is 14.3 Å². The molecule has 5 rings (SSSR count). The monoisotopic (exact) mass is 550 g/mol. The first kappa shape index (κ1) is 26.3. The molecule has 0 saturated carbocycles. The number of sulfonamides is 1. The summed E-state index contributed by atoms with van der Waals surface area (Å²) in [6.45, 7) is 2.98. The molecule has 1 fully saturated rings. The number of carbonyl (C=O) groups is 1. The number of carbonyl (C=O) groups excluding carboxylic acids is 1. The summed E-state index contributed by atoms with van der Waals surface area (Å²) in [6, 6.07) is 18.2. The molecule has 1 aliphatic rings. The van der Waals surface area contributed by atoms with Crippen molar-refractivity contribution in [3.05, 3.63) is 78.1 Å². The minimum absolute atomic E-state index is 0.0491. The van der Waals surface area contributed by atoms with Crippen molar-refractivity contribution in [2.45, 2.75) is 37.6 Å². The normalized spacial score (nSPS) is 15.0. The van der Waals surface area contributed by atoms with Crippen LogP contribution in [0.1, 0.15) is 31.0 Å². The van der Waals surface area contributed by atoms with Crippen molar-refractivity contribution in [3.63, 3.8) is 0 Å². The van der Waals surface area contributed by atoms with Gasteiger partial charge in [0.05, 0.1) is 34.5 Å². The SMILES string of the molecule is CCc1ccc2nc(N(Cc3ccccn3)C(=O)C3CCN(S(=O)(=O)c4ccc(OC)cc4)CC3)sc2c1. The van der Waals surface area contributed by atoms with E-state index in [-0.39, 0.29) is 29.8 Å². The fraction of sp³-hybridized carbons (Fsp3) is 0.321. The van der Waals surface area contributed by atoms with Crippen LogP contribution < -0.4 is 9.64 Å². The van der Waals surface area contributed by atoms with Gasteiger partial charge in [-0.2, -0.15) is 4.31 Å². The van der Waals surface area contributed by atoms with Gasteiger partial charge >= 0.3 is 0 Å². The van der Waals surface area contributed by atoms with Crippen LogP contribution in [0.4, 0.5) is 5.13 Å². The number of methoxy groups -OCH3 is 1. The van der Waals surface area contributed by atoms with E-state index in [1.54, 1.807) is 42.5 Å². The van der Waals surface area contributed by atoms with Crippen molar-refractivity contribution in [2.24, 2.45) is 5.92 Å². The van der Waals surface area contributed by atoms with E-state index in [1.165, 1.54) is 21.2 Å². The average Bonchev–Trinajstić information content (AvgIpc) is 3.39. The molecule has 0 spiro atoms. The maximum absolute atomic E-state index is 13.9. The number of thiazole rings is 1. The topological polar surface area (TPSA) is 92.7 Å². The number of hydrogen-bond donors (Lipinski definition) is 0. The summed E-state index contributed by atoms with van der Waals surface area (Å²) >= 11 is 1.50. The van der Waals surface area contributed by atoms with E-state index in [0.717, 1.165) is 22.3 Å². The van der Waals surface area contributed by atoms with Gasteiger partial charge in [-0.1, -0.05) is 30.4 Å². The van der Waals surface area contributed by atoms with E-state index in [1.807, 2.05) is 24.3 Å². The molecule has 10 heteroatoms. The molecular weight excluding hydrogens is 520 g/mol. The van der Waals surface area contributed by atoms with Crippen molar-refractivity contribution in [2.75, 3.05) is 25.1 Å². The zero-order valence-corrected chi connectivity index (χ0v) is 23.0. The lowest BCUT2D eigenvalue weighted by Gasteiger charge is -2.33. The molecule has 2 aromatic heterocycles. The van der Waals surface area contributed by atoms with Gasteiger partial charge in [0.2, 0.25) is 15.9 Å². The second-order valence-corrected chi connectivity index (χ2v) is 12.2. The molecule has 1 amide bonds. The number of rotatable bonds is 8. The number of amides is 1. The third-order valence-corrected chi connectivity index (χ3v) is 9.85. The highest BCUT2D eigenvalue weighted by Gasteiger charge is 2.35. The fourth-order valence-electron chi connectivity index (χ4n) is 4.65. The Hall–Kier alpha value is -3.34. The number of aryl methyl sites for hydroxylation is 1. The summed E-state index contributed by atoms with van der Waals surface area (Å²) in [5.74, 6) is 0.244. The van der Waals surface area contributed by atoms with Crippen molar-refractivity contribution in [1.29, 1.82) is 0 Å². The fourth-order valence-corrected chi connectivity index (χ4v) is 7.15. The maximum Gasteiger partial charge on any atom is 0.243 e. The molecule has 0 aliphatic carbocycles. The number of ether oxygens (including phenoxy) is 1. The van der Waals surface area contributed by atoms with Crippen molar-refractivity contribution in [3.8, 4) is 5.75 Å². The Bertz CT molecular complexity index is 1510. The van der Waals surface area contributed by atoms with Gasteiger partial charge in [-0.3, -0.25) is 14.7 Å². The second kappa shape index (κ2) is 11.2. The quantitative estimate of drug-likeness (QED) is 0.310. The van der Waals surface area contributed by atoms with Crippen LogP contribution in [-0.2, 0) is 27.8 Å². The number of pyridine rings is 1. The first-order valence-corrected chi connectivity index (χ1v) is 14.9. The Morgan fingerprint density at radius 2 is 1.87 bits per heavy atom. The number of nitrogens with zero attached hydrogens (tertiary/aromatic N) is 4. The lowest BCUT2D eigenvalue weighted by molar-refractivity contribution is -0.123. The Kier molecular flexibility index (Phi) is 7.73. The third-order valence-electron chi connectivity index (χ3n) is 6.89. The molecule has 2 aromatic carbocycles. The number of aromatic nitrogens is 2. The molecule has 0 radical (unpaired) electrons. The molecule has 38 heavy (non-hydrogen) atoms. The summed E-state index contributed by atoms with van der Waals surface area (Å²) in [6.07, 6.45) is 3.53. The first-order valence-electron chi connectivity index (χ1n) is 12.6. The molecule has 0 atom stereocenters. The van der Waals surface area contributed by atoms with Gasteiger partial charge in [-0.05, 0) is 73.4 Å². The lowest BCUT2D eigenvalue weighted by Crippen LogP contribution is -2.44. The van der Waals surface area contributed by atoms with E-state index < -0.39 is 10.0 Å². The van der Waals surface area contributed by atoms with Crippen LogP contribution in [0.3, 0.4) is 0 Å². The van der Waals surface area contributed by atoms with Crippen LogP contribution in [0.15, 0.2) is 71.8 Å². The second-order valence-electron chi connectivity index (χ2n) is 9.25. The number of benzene rings is 2. The Morgan fingerprint density at radius 1 is 1.11 bits per heavy atom. The maximum atomic E-state index is 13.9. The zero-order valence-electron chi connectivity index (χ0n) is 21.4. The number of anilines is 1. The molecule has 1 aliphatic heterocycles. The smallest absolute Gasteiger partial charge is 0.243 e. The highest BCUT2D eigenvalue weighted by molar-refractivity contribution is 7.89. The Morgan fingerprint density at radius 3 is 2.53 bits per heavy atom. The predicted octanol–water partition coefficient (Wildman–Crippen LogP) is 4.90. The van der Waals surface area contributed by atoms with Gasteiger partial charge in [0.25, 0.3) is 0 Å². The molecule has 0 unspecified atom stereocenters. The minimum atomic E-state index is -3.65. The van der Waals surface area contributed by atoms with Crippen LogP contribution >= 0.6 is 11.3 Å².